The van der Waals surface area contributed by atoms with Crippen LogP contribution < -0.4 is 0 Å². The van der Waals surface area contributed by atoms with Crippen molar-refractivity contribution in [2.75, 3.05) is 0 Å². The summed E-state index contributed by atoms with van der Waals surface area (Å²) in [6.45, 7) is 7.73. The Morgan fingerprint density at radius 2 is 2.33 bits per heavy atom. The summed E-state index contributed by atoms with van der Waals surface area (Å²) in [6, 6.07) is 1.93. The Bertz CT molecular complexity index is 313. The molecule has 62 valence electrons. The standard InChI is InChI=1S/C10H12N2/c1-4-5-9-6-7-11-12-10(9)8(2)3/h4-7H,2H2,1,3H3/b5-4-. The average molecular weight is 160 g/mol. The maximum Gasteiger partial charge on any atom is 0.0952 e. The van der Waals surface area contributed by atoms with Crippen molar-refractivity contribution < 1.29 is 0 Å². The van der Waals surface area contributed by atoms with Crippen molar-refractivity contribution in [3.63, 3.8) is 0 Å². The third-order valence-electron chi connectivity index (χ3n) is 1.50. The number of nitrogens with zero attached hydrogens (tertiary/aromatic N) is 2. The third-order valence-corrected chi connectivity index (χ3v) is 1.50. The van der Waals surface area contributed by atoms with E-state index in [9.17, 15) is 0 Å². The summed E-state index contributed by atoms with van der Waals surface area (Å²) in [5, 5.41) is 7.80. The van der Waals surface area contributed by atoms with E-state index in [1.54, 1.807) is 6.20 Å². The van der Waals surface area contributed by atoms with Crippen LogP contribution in [-0.2, 0) is 0 Å². The molecule has 0 atom stereocenters. The smallest absolute Gasteiger partial charge is 0.0952 e. The second-order valence-corrected chi connectivity index (χ2v) is 2.62. The van der Waals surface area contributed by atoms with Crippen LogP contribution in [0.1, 0.15) is 25.1 Å². The first-order valence-corrected chi connectivity index (χ1v) is 3.86. The molecule has 0 aliphatic heterocycles. The number of hydrogen-bond donors (Lipinski definition) is 0. The fraction of sp³-hybridized carbons (Fsp3) is 0.200. The summed E-state index contributed by atoms with van der Waals surface area (Å²) >= 11 is 0. The lowest BCUT2D eigenvalue weighted by Gasteiger charge is -2.00. The zero-order valence-corrected chi connectivity index (χ0v) is 7.41. The van der Waals surface area contributed by atoms with Gasteiger partial charge in [-0.05, 0) is 25.5 Å². The van der Waals surface area contributed by atoms with Gasteiger partial charge in [0.2, 0.25) is 0 Å². The maximum atomic E-state index is 4.00. The highest BCUT2D eigenvalue weighted by molar-refractivity contribution is 5.68. The number of hydrogen-bond acceptors (Lipinski definition) is 2. The van der Waals surface area contributed by atoms with Crippen LogP contribution in [0.2, 0.25) is 0 Å². The molecule has 0 saturated carbocycles. The number of rotatable bonds is 2. The van der Waals surface area contributed by atoms with Gasteiger partial charge in [0.25, 0.3) is 0 Å². The van der Waals surface area contributed by atoms with E-state index >= 15 is 0 Å². The molecule has 0 unspecified atom stereocenters. The molecule has 12 heavy (non-hydrogen) atoms. The predicted octanol–water partition coefficient (Wildman–Crippen LogP) is 2.54. The van der Waals surface area contributed by atoms with E-state index in [0.717, 1.165) is 16.8 Å². The van der Waals surface area contributed by atoms with Crippen molar-refractivity contribution in [3.05, 3.63) is 36.2 Å². The van der Waals surface area contributed by atoms with Gasteiger partial charge in [0.05, 0.1) is 11.9 Å². The molecule has 0 aromatic carbocycles. The monoisotopic (exact) mass is 160 g/mol. The largest absolute Gasteiger partial charge is 0.159 e. The summed E-state index contributed by atoms with van der Waals surface area (Å²) in [6.07, 6.45) is 5.66. The van der Waals surface area contributed by atoms with Gasteiger partial charge in [0, 0.05) is 5.56 Å². The van der Waals surface area contributed by atoms with E-state index in [2.05, 4.69) is 16.8 Å². The van der Waals surface area contributed by atoms with Crippen molar-refractivity contribution in [1.29, 1.82) is 0 Å². The van der Waals surface area contributed by atoms with Gasteiger partial charge in [-0.25, -0.2) is 0 Å². The van der Waals surface area contributed by atoms with Crippen LogP contribution in [0.4, 0.5) is 0 Å². The van der Waals surface area contributed by atoms with Crippen molar-refractivity contribution >= 4 is 11.6 Å². The highest BCUT2D eigenvalue weighted by atomic mass is 15.1. The molecule has 0 saturated heterocycles. The minimum atomic E-state index is 0.871. The lowest BCUT2D eigenvalue weighted by atomic mass is 10.1. The molecular weight excluding hydrogens is 148 g/mol. The summed E-state index contributed by atoms with van der Waals surface area (Å²) in [5.74, 6) is 0. The SMILES string of the molecule is C=C(C)c1nnccc1/C=C\C. The normalized spacial score (nSPS) is 10.5. The summed E-state index contributed by atoms with van der Waals surface area (Å²) in [7, 11) is 0. The Kier molecular flexibility index (Phi) is 2.75. The molecule has 2 nitrogen and oxygen atoms in total. The molecule has 0 fully saturated rings. The van der Waals surface area contributed by atoms with Gasteiger partial charge in [-0.3, -0.25) is 0 Å². The van der Waals surface area contributed by atoms with E-state index in [-0.39, 0.29) is 0 Å². The lowest BCUT2D eigenvalue weighted by molar-refractivity contribution is 1.00. The molecule has 1 aromatic rings. The zero-order valence-electron chi connectivity index (χ0n) is 7.41. The van der Waals surface area contributed by atoms with E-state index < -0.39 is 0 Å². The number of aromatic nitrogens is 2. The van der Waals surface area contributed by atoms with Gasteiger partial charge in [-0.1, -0.05) is 18.7 Å². The van der Waals surface area contributed by atoms with E-state index in [4.69, 9.17) is 0 Å². The Morgan fingerprint density at radius 3 is 2.92 bits per heavy atom. The van der Waals surface area contributed by atoms with Crippen LogP contribution in [-0.4, -0.2) is 10.2 Å². The third kappa shape index (κ3) is 1.78. The highest BCUT2D eigenvalue weighted by Crippen LogP contribution is 2.14. The van der Waals surface area contributed by atoms with Crippen molar-refractivity contribution in [2.24, 2.45) is 0 Å². The maximum absolute atomic E-state index is 4.00. The molecule has 0 aliphatic carbocycles. The topological polar surface area (TPSA) is 25.8 Å². The van der Waals surface area contributed by atoms with Gasteiger partial charge >= 0.3 is 0 Å². The molecule has 0 aliphatic rings. The second-order valence-electron chi connectivity index (χ2n) is 2.62. The van der Waals surface area contributed by atoms with Crippen LogP contribution in [0, 0.1) is 0 Å². The van der Waals surface area contributed by atoms with E-state index in [1.807, 2.05) is 32.1 Å². The Labute approximate surface area is 72.6 Å². The first kappa shape index (κ1) is 8.65. The first-order chi connectivity index (χ1) is 5.75. The Balaban J connectivity index is 3.17. The van der Waals surface area contributed by atoms with Gasteiger partial charge in [-0.2, -0.15) is 10.2 Å². The van der Waals surface area contributed by atoms with Crippen LogP contribution in [0.5, 0.6) is 0 Å². The molecule has 1 rings (SSSR count). The molecule has 0 spiro atoms. The summed E-state index contributed by atoms with van der Waals surface area (Å²) < 4.78 is 0. The molecular formula is C10H12N2. The minimum absolute atomic E-state index is 0.871. The minimum Gasteiger partial charge on any atom is -0.159 e. The lowest BCUT2D eigenvalue weighted by Crippen LogP contribution is -1.91. The molecule has 1 aromatic heterocycles. The van der Waals surface area contributed by atoms with Crippen molar-refractivity contribution in [1.82, 2.24) is 10.2 Å². The fourth-order valence-corrected chi connectivity index (χ4v) is 0.987. The van der Waals surface area contributed by atoms with Gasteiger partial charge < -0.3 is 0 Å². The zero-order chi connectivity index (χ0) is 8.97. The highest BCUT2D eigenvalue weighted by Gasteiger charge is 1.99. The fourth-order valence-electron chi connectivity index (χ4n) is 0.987. The van der Waals surface area contributed by atoms with E-state index in [0.29, 0.717) is 0 Å². The number of allylic oxidation sites excluding steroid dienone is 2. The van der Waals surface area contributed by atoms with Gasteiger partial charge in [0.15, 0.2) is 0 Å². The summed E-state index contributed by atoms with van der Waals surface area (Å²) in [5.41, 5.74) is 2.88. The first-order valence-electron chi connectivity index (χ1n) is 3.86. The Hall–Kier alpha value is -1.44. The molecule has 0 N–H and O–H groups in total. The summed E-state index contributed by atoms with van der Waals surface area (Å²) in [4.78, 5) is 0. The predicted molar refractivity (Wildman–Crippen MR) is 51.4 cm³/mol. The average Bonchev–Trinajstić information content (AvgIpc) is 2.05. The molecule has 0 amide bonds. The Morgan fingerprint density at radius 1 is 1.58 bits per heavy atom. The van der Waals surface area contributed by atoms with Crippen molar-refractivity contribution in [2.45, 2.75) is 13.8 Å². The molecule has 0 bridgehead atoms. The van der Waals surface area contributed by atoms with Gasteiger partial charge in [0.1, 0.15) is 0 Å². The second kappa shape index (κ2) is 3.81. The molecule has 0 radical (unpaired) electrons. The molecule has 1 heterocycles. The quantitative estimate of drug-likeness (QED) is 0.664. The van der Waals surface area contributed by atoms with Crippen LogP contribution >= 0.6 is 0 Å². The van der Waals surface area contributed by atoms with Crippen LogP contribution in [0.25, 0.3) is 11.6 Å². The molecule has 2 heteroatoms. The van der Waals surface area contributed by atoms with Crippen LogP contribution in [0.15, 0.2) is 24.9 Å². The van der Waals surface area contributed by atoms with Gasteiger partial charge in [-0.15, -0.1) is 0 Å². The van der Waals surface area contributed by atoms with E-state index in [1.165, 1.54) is 0 Å². The van der Waals surface area contributed by atoms with Crippen LogP contribution in [0.3, 0.4) is 0 Å². The van der Waals surface area contributed by atoms with Crippen molar-refractivity contribution in [3.8, 4) is 0 Å².